The second kappa shape index (κ2) is 12.8. The number of alkyl halides is 8. The summed E-state index contributed by atoms with van der Waals surface area (Å²) in [5.74, 6) is -0.0323. The summed E-state index contributed by atoms with van der Waals surface area (Å²) in [4.78, 5) is 34.7. The van der Waals surface area contributed by atoms with E-state index >= 15 is 8.78 Å². The van der Waals surface area contributed by atoms with Crippen LogP contribution in [0.1, 0.15) is 62.3 Å². The minimum Gasteiger partial charge on any atom is -0.481 e. The Bertz CT molecular complexity index is 2050. The third kappa shape index (κ3) is 6.91. The predicted molar refractivity (Wildman–Crippen MR) is 166 cm³/mol. The van der Waals surface area contributed by atoms with Gasteiger partial charge in [-0.3, -0.25) is 9.78 Å². The van der Waals surface area contributed by atoms with Crippen LogP contribution >= 0.6 is 8.58 Å². The lowest BCUT2D eigenvalue weighted by Gasteiger charge is -2.26. The molecule has 5 aliphatic rings. The SMILES string of the molecule is COc1ncc2cc1-c1ncc(C(F)(F)F)cc1[C@@H]1/C=C\C[C@H](OC(=O)N1)c1cc(C(F)(F)F)cc(c1)C(F)(F)PC(=O)c1ccc-2c(C)c1. The van der Waals surface area contributed by atoms with Gasteiger partial charge in [-0.1, -0.05) is 24.3 Å². The molecule has 2 aromatic heterocycles. The largest absolute Gasteiger partial charge is 0.481 e. The molecule has 1 unspecified atom stereocenters. The van der Waals surface area contributed by atoms with Crippen LogP contribution in [0.15, 0.2) is 73.1 Å². The molecule has 1 N–H and O–H groups in total. The minimum atomic E-state index is -5.09. The molecule has 3 atom stereocenters. The molecule has 16 heteroatoms. The Morgan fingerprint density at radius 3 is 2.32 bits per heavy atom. The normalized spacial score (nSPS) is 20.0. The second-order valence-electron chi connectivity index (χ2n) is 11.5. The summed E-state index contributed by atoms with van der Waals surface area (Å²) < 4.78 is 126. The van der Waals surface area contributed by atoms with Crippen LogP contribution in [0.4, 0.5) is 39.9 Å². The van der Waals surface area contributed by atoms with Crippen LogP contribution in [-0.2, 0) is 22.8 Å². The lowest BCUT2D eigenvalue weighted by atomic mass is 9.94. The van der Waals surface area contributed by atoms with Crippen molar-refractivity contribution in [2.45, 2.75) is 43.5 Å². The molecule has 260 valence electrons. The van der Waals surface area contributed by atoms with Crippen molar-refractivity contribution in [1.82, 2.24) is 15.3 Å². The van der Waals surface area contributed by atoms with Crippen LogP contribution in [0.2, 0.25) is 0 Å². The zero-order chi connectivity index (χ0) is 36.2. The zero-order valence-electron chi connectivity index (χ0n) is 25.8. The zero-order valence-corrected chi connectivity index (χ0v) is 26.8. The number of methoxy groups -OCH3 is 1. The van der Waals surface area contributed by atoms with Crippen molar-refractivity contribution in [3.8, 4) is 28.3 Å². The molecule has 50 heavy (non-hydrogen) atoms. The number of halogens is 8. The Balaban J connectivity index is 1.61. The van der Waals surface area contributed by atoms with Crippen LogP contribution in [0.3, 0.4) is 0 Å². The van der Waals surface area contributed by atoms with Gasteiger partial charge in [-0.05, 0) is 60.0 Å². The topological polar surface area (TPSA) is 90.4 Å². The molecule has 2 aromatic carbocycles. The lowest BCUT2D eigenvalue weighted by molar-refractivity contribution is -0.138. The summed E-state index contributed by atoms with van der Waals surface area (Å²) in [6, 6.07) is 6.65. The number of nitrogens with zero attached hydrogens (tertiary/aromatic N) is 2. The van der Waals surface area contributed by atoms with E-state index in [9.17, 15) is 35.9 Å². The van der Waals surface area contributed by atoms with E-state index in [4.69, 9.17) is 9.47 Å². The van der Waals surface area contributed by atoms with E-state index in [2.05, 4.69) is 15.3 Å². The second-order valence-corrected chi connectivity index (χ2v) is 12.9. The summed E-state index contributed by atoms with van der Waals surface area (Å²) in [7, 11) is -0.506. The summed E-state index contributed by atoms with van der Waals surface area (Å²) in [6.45, 7) is 1.59. The Morgan fingerprint density at radius 2 is 1.64 bits per heavy atom. The number of pyridine rings is 2. The van der Waals surface area contributed by atoms with Crippen LogP contribution < -0.4 is 10.1 Å². The van der Waals surface area contributed by atoms with Crippen molar-refractivity contribution >= 4 is 20.2 Å². The van der Waals surface area contributed by atoms with Crippen molar-refractivity contribution in [2.24, 2.45) is 0 Å². The summed E-state index contributed by atoms with van der Waals surface area (Å²) in [5.41, 5.74) is -8.14. The molecular weight excluding hydrogens is 697 g/mol. The van der Waals surface area contributed by atoms with Gasteiger partial charge in [0.15, 0.2) is 5.52 Å². The van der Waals surface area contributed by atoms with Crippen LogP contribution in [0.25, 0.3) is 22.4 Å². The molecular formula is C34H24F8N3O4P. The van der Waals surface area contributed by atoms with Crippen molar-refractivity contribution in [3.05, 3.63) is 112 Å². The number of rotatable bonds is 1. The van der Waals surface area contributed by atoms with Crippen molar-refractivity contribution in [3.63, 3.8) is 0 Å². The number of carbonyl (C=O) groups excluding carboxylic acids is 2. The maximum absolute atomic E-state index is 15.7. The number of ether oxygens (including phenoxy) is 2. The van der Waals surface area contributed by atoms with Crippen molar-refractivity contribution < 1.29 is 54.2 Å². The van der Waals surface area contributed by atoms with Gasteiger partial charge in [-0.2, -0.15) is 35.1 Å². The molecule has 0 spiro atoms. The fourth-order valence-corrected chi connectivity index (χ4v) is 6.61. The highest BCUT2D eigenvalue weighted by molar-refractivity contribution is 7.59. The third-order valence-electron chi connectivity index (χ3n) is 8.17. The Kier molecular flexibility index (Phi) is 8.92. The Hall–Kier alpha value is -4.91. The van der Waals surface area contributed by atoms with Crippen LogP contribution in [-0.4, -0.2) is 28.7 Å². The fourth-order valence-electron chi connectivity index (χ4n) is 5.74. The van der Waals surface area contributed by atoms with E-state index in [1.807, 2.05) is 0 Å². The standard InChI is InChI=1S/C34H24F8N3O4P/c1-16-8-17-6-7-23(16)19-11-25(29(48-2)44-14-19)28-24(13-22(15-43-28)33(38,39)40)26-4-3-5-27(49-31(47)45-26)18-9-20(32(35,36)37)12-21(10-18)34(41,42)50-30(17)46/h3-4,6-15,26-27,50H,5H2,1-2H3,(H,45,47)/b4-3-/t26-,27-/m0/s1. The maximum Gasteiger partial charge on any atom is 0.417 e. The highest BCUT2D eigenvalue weighted by Gasteiger charge is 2.40. The highest BCUT2D eigenvalue weighted by Crippen LogP contribution is 2.49. The van der Waals surface area contributed by atoms with E-state index < -0.39 is 72.6 Å². The van der Waals surface area contributed by atoms with Gasteiger partial charge in [0, 0.05) is 49.6 Å². The number of hydrogen-bond acceptors (Lipinski definition) is 6. The fraction of sp³-hybridized carbons (Fsp3) is 0.235. The Morgan fingerprint density at radius 1 is 0.900 bits per heavy atom. The van der Waals surface area contributed by atoms with Gasteiger partial charge in [0.05, 0.1) is 35.5 Å². The molecule has 0 saturated carbocycles. The average molecular weight is 722 g/mol. The Labute approximate surface area is 280 Å². The molecule has 0 fully saturated rings. The molecule has 0 aliphatic carbocycles. The maximum atomic E-state index is 15.7. The molecule has 9 rings (SSSR count). The van der Waals surface area contributed by atoms with Crippen LogP contribution in [0.5, 0.6) is 5.88 Å². The van der Waals surface area contributed by atoms with E-state index in [1.54, 1.807) is 6.92 Å². The lowest BCUT2D eigenvalue weighted by Crippen LogP contribution is -2.31. The number of carbonyl (C=O) groups is 2. The molecule has 0 radical (unpaired) electrons. The first kappa shape index (κ1) is 34.9. The van der Waals surface area contributed by atoms with Gasteiger partial charge < -0.3 is 14.8 Å². The first-order chi connectivity index (χ1) is 23.4. The van der Waals surface area contributed by atoms with Gasteiger partial charge in [0.1, 0.15) is 6.10 Å². The van der Waals surface area contributed by atoms with Gasteiger partial charge in [-0.15, -0.1) is 0 Å². The first-order valence-corrected chi connectivity index (χ1v) is 15.7. The molecule has 5 aliphatic heterocycles. The first-order valence-electron chi connectivity index (χ1n) is 14.7. The van der Waals surface area contributed by atoms with E-state index in [0.717, 1.165) is 12.1 Å². The molecule has 8 bridgehead atoms. The average Bonchev–Trinajstić information content (AvgIpc) is 3.04. The van der Waals surface area contributed by atoms with Gasteiger partial charge in [0.25, 0.3) is 5.66 Å². The summed E-state index contributed by atoms with van der Waals surface area (Å²) in [6.07, 6.45) is -8.43. The minimum absolute atomic E-state index is 0.0323. The van der Waals surface area contributed by atoms with E-state index in [0.29, 0.717) is 29.0 Å². The molecule has 7 heterocycles. The molecule has 4 aromatic rings. The third-order valence-corrected chi connectivity index (χ3v) is 9.29. The molecule has 7 nitrogen and oxygen atoms in total. The monoisotopic (exact) mass is 721 g/mol. The van der Waals surface area contributed by atoms with Crippen LogP contribution in [0, 0.1) is 6.92 Å². The highest BCUT2D eigenvalue weighted by atomic mass is 31.1. The van der Waals surface area contributed by atoms with Gasteiger partial charge >= 0.3 is 18.4 Å². The van der Waals surface area contributed by atoms with E-state index in [1.165, 1.54) is 49.7 Å². The number of hydrogen-bond donors (Lipinski definition) is 1. The van der Waals surface area contributed by atoms with Crippen molar-refractivity contribution in [1.29, 1.82) is 0 Å². The number of aryl methyl sites for hydroxylation is 1. The number of nitrogens with one attached hydrogen (secondary N) is 1. The van der Waals surface area contributed by atoms with Gasteiger partial charge in [0.2, 0.25) is 5.88 Å². The predicted octanol–water partition coefficient (Wildman–Crippen LogP) is 9.52. The quantitative estimate of drug-likeness (QED) is 0.120. The number of alkyl carbamates (subject to hydrolysis) is 1. The number of aromatic nitrogens is 2. The molecule has 0 saturated heterocycles. The van der Waals surface area contributed by atoms with E-state index in [-0.39, 0.29) is 40.8 Å². The summed E-state index contributed by atoms with van der Waals surface area (Å²) in [5, 5.41) is 2.40. The van der Waals surface area contributed by atoms with Crippen molar-refractivity contribution in [2.75, 3.05) is 7.11 Å². The molecule has 1 amide bonds. The number of benzene rings is 2. The number of amides is 1. The smallest absolute Gasteiger partial charge is 0.417 e. The summed E-state index contributed by atoms with van der Waals surface area (Å²) >= 11 is 0. The van der Waals surface area contributed by atoms with Gasteiger partial charge in [-0.25, -0.2) is 9.78 Å².